The molecule has 12 nitrogen and oxygen atoms in total. The van der Waals surface area contributed by atoms with Crippen LogP contribution in [0.1, 0.15) is 0 Å². The average Bonchev–Trinajstić information content (AvgIpc) is 0.733. The molecular weight excluding hydrogens is 1790 g/mol. The van der Waals surface area contributed by atoms with Gasteiger partial charge in [0.1, 0.15) is 0 Å². The number of rotatable bonds is 23. The molecule has 0 radical (unpaired) electrons. The summed E-state index contributed by atoms with van der Waals surface area (Å²) in [5.74, 6) is 0. The van der Waals surface area contributed by atoms with Crippen molar-refractivity contribution in [3.63, 3.8) is 0 Å². The maximum Gasteiger partial charge on any atom is 0.184 e. The lowest BCUT2D eigenvalue weighted by atomic mass is 10.1. The van der Waals surface area contributed by atoms with E-state index in [1.165, 1.54) is 94.9 Å². The third-order valence-corrected chi connectivity index (χ3v) is 45.6. The van der Waals surface area contributed by atoms with E-state index in [4.69, 9.17) is 34.9 Å². The van der Waals surface area contributed by atoms with Gasteiger partial charge in [-0.15, -0.1) is 0 Å². The Hall–Kier alpha value is -17.9. The average molecular weight is 1890 g/mol. The van der Waals surface area contributed by atoms with Crippen molar-refractivity contribution in [1.82, 2.24) is 59.8 Å². The number of nitrogens with zero attached hydrogens (tertiary/aromatic N) is 12. The van der Waals surface area contributed by atoms with Gasteiger partial charge >= 0.3 is 0 Å². The van der Waals surface area contributed by atoms with Crippen LogP contribution in [0, 0.1) is 0 Å². The summed E-state index contributed by atoms with van der Waals surface area (Å²) in [5, 5.41) is 20.0. The Balaban J connectivity index is 0.000000116. The minimum Gasteiger partial charge on any atom is -0.265 e. The van der Waals surface area contributed by atoms with Crippen molar-refractivity contribution in [2.45, 2.75) is 0 Å². The summed E-state index contributed by atoms with van der Waals surface area (Å²) in [6.07, 6.45) is 38.6. The van der Waals surface area contributed by atoms with E-state index in [2.05, 4.69) is 450 Å². The van der Waals surface area contributed by atoms with Crippen LogP contribution in [-0.4, -0.2) is 92.1 Å². The van der Waals surface area contributed by atoms with Gasteiger partial charge in [0.05, 0.1) is 22.8 Å². The third kappa shape index (κ3) is 18.5. The SMILES string of the molecule is c1ccc(-c2ccncc2[Si](c2ccccc2)(c2ccccc2)c2ccccc2)cc1.c1ccc(-c2ccncc2[Si](c2ccccc2)(c2ccccc2)c2cnccc2-c2ccccn2)cc1.c1ccc([Si](c2ccccc2)(c2cnccc2-c2ccccn2)c2cnccc2-c2ccccn2)cc1.c1ccc([Si](c2ccccc2)(c2cnccc2-c2cccnc2)c2cnccc2-c2ccccn2)cc1. The van der Waals surface area contributed by atoms with Crippen LogP contribution >= 0.6 is 0 Å². The van der Waals surface area contributed by atoms with Crippen LogP contribution in [-0.2, 0) is 0 Å². The van der Waals surface area contributed by atoms with Crippen molar-refractivity contribution in [3.05, 3.63) is 585 Å². The second kappa shape index (κ2) is 44.0. The molecule has 0 saturated carbocycles. The number of pyridine rings is 12. The number of aromatic nitrogens is 12. The summed E-state index contributed by atoms with van der Waals surface area (Å²) >= 11 is 0. The molecule has 0 amide bonds. The molecule has 676 valence electrons. The van der Waals surface area contributed by atoms with Crippen molar-refractivity contribution < 1.29 is 0 Å². The Labute approximate surface area is 832 Å². The van der Waals surface area contributed by atoms with Gasteiger partial charge < -0.3 is 0 Å². The second-order valence-electron chi connectivity index (χ2n) is 34.1. The highest BCUT2D eigenvalue weighted by molar-refractivity contribution is 7.23. The number of hydrogen-bond donors (Lipinski definition) is 0. The van der Waals surface area contributed by atoms with Crippen LogP contribution in [0.15, 0.2) is 585 Å². The zero-order valence-electron chi connectivity index (χ0n) is 77.8. The normalized spacial score (nSPS) is 11.2. The molecule has 0 unspecified atom stereocenters. The molecule has 23 rings (SSSR count). The lowest BCUT2D eigenvalue weighted by Crippen LogP contribution is -2.75. The van der Waals surface area contributed by atoms with Crippen molar-refractivity contribution in [1.29, 1.82) is 0 Å². The number of benzene rings is 11. The summed E-state index contributed by atoms with van der Waals surface area (Å²) in [7, 11) is -11.4. The van der Waals surface area contributed by atoms with Crippen LogP contribution in [0.5, 0.6) is 0 Å². The van der Waals surface area contributed by atoms with Gasteiger partial charge in [0.25, 0.3) is 0 Å². The second-order valence-corrected chi connectivity index (χ2v) is 49.0. The summed E-state index contributed by atoms with van der Waals surface area (Å²) in [6, 6.07) is 162. The van der Waals surface area contributed by atoms with Gasteiger partial charge in [-0.2, -0.15) is 0 Å². The molecule has 11 aromatic carbocycles. The van der Waals surface area contributed by atoms with Gasteiger partial charge in [-0.3, -0.25) is 59.8 Å². The molecule has 0 aliphatic heterocycles. The fourth-order valence-corrected chi connectivity index (χ4v) is 40.3. The molecule has 16 heteroatoms. The van der Waals surface area contributed by atoms with Gasteiger partial charge in [-0.1, -0.05) is 364 Å². The Morgan fingerprint density at radius 3 is 0.486 bits per heavy atom. The van der Waals surface area contributed by atoms with Crippen LogP contribution in [0.25, 0.3) is 78.4 Å². The number of hydrogen-bond acceptors (Lipinski definition) is 12. The van der Waals surface area contributed by atoms with Crippen molar-refractivity contribution in [2.24, 2.45) is 0 Å². The van der Waals surface area contributed by atoms with Crippen molar-refractivity contribution in [3.8, 4) is 78.4 Å². The topological polar surface area (TPSA) is 155 Å². The third-order valence-electron chi connectivity index (χ3n) is 26.3. The molecule has 0 bridgehead atoms. The van der Waals surface area contributed by atoms with E-state index in [0.717, 1.165) is 66.5 Å². The minimum atomic E-state index is -2.96. The fourth-order valence-electron chi connectivity index (χ4n) is 20.3. The Morgan fingerprint density at radius 1 is 0.113 bits per heavy atom. The molecule has 0 atom stereocenters. The molecule has 0 fully saturated rings. The van der Waals surface area contributed by atoms with Gasteiger partial charge in [-0.05, 0) is 208 Å². The van der Waals surface area contributed by atoms with Gasteiger partial charge in [0, 0.05) is 152 Å². The monoisotopic (exact) mass is 1890 g/mol. The van der Waals surface area contributed by atoms with Crippen LogP contribution in [0.2, 0.25) is 0 Å². The maximum atomic E-state index is 4.76. The van der Waals surface area contributed by atoms with Gasteiger partial charge in [0.15, 0.2) is 32.3 Å². The van der Waals surface area contributed by atoms with Crippen molar-refractivity contribution in [2.75, 3.05) is 0 Å². The Kier molecular flexibility index (Phi) is 28.5. The van der Waals surface area contributed by atoms with Gasteiger partial charge in [0.2, 0.25) is 0 Å². The zero-order chi connectivity index (χ0) is 95.7. The highest BCUT2D eigenvalue weighted by Gasteiger charge is 2.50. The Morgan fingerprint density at radius 2 is 0.282 bits per heavy atom. The van der Waals surface area contributed by atoms with E-state index in [9.17, 15) is 0 Å². The molecule has 0 saturated heterocycles. The quantitative estimate of drug-likeness (QED) is 0.0442. The lowest BCUT2D eigenvalue weighted by molar-refractivity contribution is 1.29. The molecule has 0 spiro atoms. The van der Waals surface area contributed by atoms with Gasteiger partial charge in [-0.25, -0.2) is 0 Å². The predicted octanol–water partition coefficient (Wildman–Crippen LogP) is 16.7. The summed E-state index contributed by atoms with van der Waals surface area (Å²) in [6.45, 7) is 0. The Bertz CT molecular complexity index is 6920. The highest BCUT2D eigenvalue weighted by Crippen LogP contribution is 2.30. The molecule has 0 N–H and O–H groups in total. The van der Waals surface area contributed by atoms with E-state index in [1.807, 2.05) is 160 Å². The standard InChI is InChI=1S/C33H25N3Si.2C32H24N4Si.C29H23NSi/c1-4-12-26(13-5-1)29-19-22-34-24-32(29)37(27-14-6-2-7-15-27,28-16-8-3-9-17-28)33-25-35-23-20-30(33)31-18-10-11-21-36-31;1-3-11-25(12-4-1)37(26-13-5-2-6-14-26,31-23-33-21-17-27(31)29-15-7-9-19-35-29)32-24-34-22-18-28(32)30-16-8-10-20-36-30;1-3-11-26(12-4-1)37(27-13-5-2-6-14-27,31-23-34-20-16-28(31)25-10-9-18-33-22-25)32-24-35-21-17-29(32)30-15-7-8-19-36-30;1-5-13-24(14-6-1)28-21-22-30-23-29(28)31(25-15-7-2-8-16-25,26-17-9-3-10-18-26)27-19-11-4-12-20-27/h1-25H;2*1-24H;1-23H. The maximum absolute atomic E-state index is 4.76. The smallest absolute Gasteiger partial charge is 0.184 e. The van der Waals surface area contributed by atoms with E-state index < -0.39 is 32.3 Å². The molecule has 12 heterocycles. The molecule has 12 aromatic heterocycles. The largest absolute Gasteiger partial charge is 0.265 e. The zero-order valence-corrected chi connectivity index (χ0v) is 81.8. The molecule has 23 aromatic rings. The summed E-state index contributed by atoms with van der Waals surface area (Å²) < 4.78 is 0. The van der Waals surface area contributed by atoms with Crippen LogP contribution in [0.4, 0.5) is 0 Å². The fraction of sp³-hybridized carbons (Fsp3) is 0. The van der Waals surface area contributed by atoms with E-state index in [1.54, 1.807) is 0 Å². The van der Waals surface area contributed by atoms with Crippen LogP contribution < -0.4 is 83.0 Å². The van der Waals surface area contributed by atoms with E-state index in [-0.39, 0.29) is 0 Å². The van der Waals surface area contributed by atoms with Crippen LogP contribution in [0.3, 0.4) is 0 Å². The molecule has 142 heavy (non-hydrogen) atoms. The van der Waals surface area contributed by atoms with Crippen molar-refractivity contribution >= 4 is 115 Å². The summed E-state index contributed by atoms with van der Waals surface area (Å²) in [4.78, 5) is 56.3. The first-order valence-corrected chi connectivity index (χ1v) is 55.3. The summed E-state index contributed by atoms with van der Waals surface area (Å²) in [5.41, 5.74) is 15.1. The molecule has 0 aliphatic rings. The first-order chi connectivity index (χ1) is 70.6. The van der Waals surface area contributed by atoms with E-state index in [0.29, 0.717) is 0 Å². The minimum absolute atomic E-state index is 0.923. The highest BCUT2D eigenvalue weighted by atomic mass is 28.3. The first-order valence-electron chi connectivity index (χ1n) is 47.3. The molecular formula is C126H96N12Si4. The van der Waals surface area contributed by atoms with E-state index >= 15 is 0 Å². The first kappa shape index (κ1) is 91.8. The predicted molar refractivity (Wildman–Crippen MR) is 592 cm³/mol. The lowest BCUT2D eigenvalue weighted by Gasteiger charge is -2.36. The molecule has 0 aliphatic carbocycles.